The fourth-order valence-electron chi connectivity index (χ4n) is 0.387. The van der Waals surface area contributed by atoms with Gasteiger partial charge in [0.15, 0.2) is 0 Å². The molecule has 0 atom stereocenters. The molecule has 0 bridgehead atoms. The van der Waals surface area contributed by atoms with E-state index in [1.807, 2.05) is 26.0 Å². The summed E-state index contributed by atoms with van der Waals surface area (Å²) in [5.74, 6) is -2.65. The smallest absolute Gasteiger partial charge is 0.549 e. The normalized spacial score (nSPS) is 8.63. The Labute approximate surface area is 165 Å². The standard InChI is InChI=1S/C5H11NO2.C3H9N.C2H3ClO2.2Na/c1-6(2,3)4-5(7)8;1-4(2)3;3-1-2(4)5;;/h4H2,1-3H3;1-3H3;1H2,(H,4,5);;/q;;;2*+1/p-1. The average molecular weight is 316 g/mol. The Hall–Kier alpha value is 1.15. The van der Waals surface area contributed by atoms with Gasteiger partial charge in [0.2, 0.25) is 0 Å². The van der Waals surface area contributed by atoms with E-state index >= 15 is 0 Å². The number of nitrogens with zero attached hydrogens (tertiary/aromatic N) is 2. The molecule has 0 fully saturated rings. The van der Waals surface area contributed by atoms with Crippen molar-refractivity contribution in [3.05, 3.63) is 0 Å². The van der Waals surface area contributed by atoms with E-state index in [0.717, 1.165) is 0 Å². The molecule has 0 aliphatic rings. The zero-order chi connectivity index (χ0) is 14.6. The summed E-state index contributed by atoms with van der Waals surface area (Å²) in [5, 5.41) is 19.0. The Bertz CT molecular complexity index is 221. The Morgan fingerprint density at radius 2 is 1.21 bits per heavy atom. The van der Waals surface area contributed by atoms with Crippen molar-refractivity contribution in [1.82, 2.24) is 4.90 Å². The maximum atomic E-state index is 9.89. The van der Waals surface area contributed by atoms with Crippen LogP contribution >= 0.6 is 11.6 Å². The van der Waals surface area contributed by atoms with Crippen LogP contribution < -0.4 is 69.3 Å². The molecule has 0 heterocycles. The molecule has 104 valence electrons. The summed E-state index contributed by atoms with van der Waals surface area (Å²) >= 11 is 4.67. The van der Waals surface area contributed by atoms with Crippen molar-refractivity contribution in [2.45, 2.75) is 0 Å². The predicted molar refractivity (Wildman–Crippen MR) is 63.2 cm³/mol. The molecule has 0 aromatic heterocycles. The molecule has 0 unspecified atom stereocenters. The maximum Gasteiger partial charge on any atom is 1.00 e. The van der Waals surface area contributed by atoms with Gasteiger partial charge < -0.3 is 29.2 Å². The van der Waals surface area contributed by atoms with Crippen LogP contribution in [0, 0.1) is 0 Å². The fraction of sp³-hybridized carbons (Fsp3) is 0.800. The summed E-state index contributed by atoms with van der Waals surface area (Å²) in [6, 6.07) is 0. The summed E-state index contributed by atoms with van der Waals surface area (Å²) in [6.07, 6.45) is 0. The van der Waals surface area contributed by atoms with Gasteiger partial charge in [-0.3, -0.25) is 0 Å². The van der Waals surface area contributed by atoms with E-state index in [2.05, 4.69) is 11.6 Å². The van der Waals surface area contributed by atoms with Crippen LogP contribution in [0.4, 0.5) is 0 Å². The summed E-state index contributed by atoms with van der Waals surface area (Å²) < 4.78 is 0.419. The van der Waals surface area contributed by atoms with E-state index in [9.17, 15) is 9.90 Å². The van der Waals surface area contributed by atoms with Crippen molar-refractivity contribution in [2.75, 3.05) is 54.7 Å². The predicted octanol–water partition coefficient (Wildman–Crippen LogP) is -8.40. The number of carbonyl (C=O) groups excluding carboxylic acids is 2. The van der Waals surface area contributed by atoms with Crippen LogP contribution in [-0.2, 0) is 9.59 Å². The Morgan fingerprint density at radius 3 is 1.21 bits per heavy atom. The van der Waals surface area contributed by atoms with Crippen LogP contribution in [0.5, 0.6) is 0 Å². The van der Waals surface area contributed by atoms with Crippen molar-refractivity contribution >= 4 is 23.5 Å². The number of likely N-dealkylation sites (N-methyl/N-ethyl adjacent to an activating group) is 1. The van der Waals surface area contributed by atoms with Gasteiger partial charge in [0.05, 0.1) is 39.0 Å². The molecule has 0 radical (unpaired) electrons. The minimum atomic E-state index is -1.23. The number of alkyl halides is 1. The summed E-state index contributed by atoms with van der Waals surface area (Å²) in [6.45, 7) is 0.0694. The molecule has 0 rings (SSSR count). The molecule has 0 aromatic carbocycles. The zero-order valence-electron chi connectivity index (χ0n) is 13.3. The topological polar surface area (TPSA) is 83.5 Å². The number of quaternary nitrogens is 1. The van der Waals surface area contributed by atoms with Crippen molar-refractivity contribution in [3.8, 4) is 0 Å². The third-order valence-electron chi connectivity index (χ3n) is 0.713. The number of carboxylic acid groups (broad SMARTS) is 2. The fourth-order valence-corrected chi connectivity index (χ4v) is 0.387. The zero-order valence-corrected chi connectivity index (χ0v) is 18.1. The van der Waals surface area contributed by atoms with Gasteiger partial charge >= 0.3 is 59.1 Å². The van der Waals surface area contributed by atoms with Crippen LogP contribution in [-0.4, -0.2) is 76.0 Å². The number of rotatable bonds is 3. The molecule has 0 N–H and O–H groups in total. The molecule has 0 aliphatic carbocycles. The molecule has 6 nitrogen and oxygen atoms in total. The third kappa shape index (κ3) is 84.8. The van der Waals surface area contributed by atoms with Crippen molar-refractivity contribution < 1.29 is 83.4 Å². The van der Waals surface area contributed by atoms with Crippen LogP contribution in [0.2, 0.25) is 0 Å². The molecule has 9 heteroatoms. The molecule has 0 aliphatic heterocycles. The van der Waals surface area contributed by atoms with E-state index in [0.29, 0.717) is 4.48 Å². The first-order chi connectivity index (χ1) is 7.42. The molecule has 0 aromatic rings. The van der Waals surface area contributed by atoms with Crippen LogP contribution in [0.15, 0.2) is 0 Å². The van der Waals surface area contributed by atoms with Crippen LogP contribution in [0.1, 0.15) is 0 Å². The number of carboxylic acids is 2. The number of aliphatic carboxylic acids is 2. The number of hydrogen-bond acceptors (Lipinski definition) is 5. The largest absolute Gasteiger partial charge is 1.00 e. The first-order valence-corrected chi connectivity index (χ1v) is 5.32. The number of carbonyl (C=O) groups is 2. The van der Waals surface area contributed by atoms with E-state index in [1.54, 1.807) is 21.1 Å². The van der Waals surface area contributed by atoms with Crippen LogP contribution in [0.3, 0.4) is 0 Å². The Morgan fingerprint density at radius 1 is 1.00 bits per heavy atom. The van der Waals surface area contributed by atoms with E-state index < -0.39 is 17.8 Å². The molecule has 0 amide bonds. The van der Waals surface area contributed by atoms with Crippen LogP contribution in [0.25, 0.3) is 0 Å². The first-order valence-electron chi connectivity index (χ1n) is 4.79. The molecule has 0 saturated heterocycles. The summed E-state index contributed by atoms with van der Waals surface area (Å²) in [5.41, 5.74) is 0. The van der Waals surface area contributed by atoms with Crippen molar-refractivity contribution in [3.63, 3.8) is 0 Å². The third-order valence-corrected chi connectivity index (χ3v) is 0.931. The molecule has 0 saturated carbocycles. The summed E-state index contributed by atoms with van der Waals surface area (Å²) in [4.78, 5) is 21.0. The van der Waals surface area contributed by atoms with Gasteiger partial charge in [-0.25, -0.2) is 0 Å². The number of halogens is 1. The average Bonchev–Trinajstić information content (AvgIpc) is 1.98. The monoisotopic (exact) mass is 315 g/mol. The minimum Gasteiger partial charge on any atom is -0.549 e. The minimum absolute atomic E-state index is 0. The van der Waals surface area contributed by atoms with Crippen molar-refractivity contribution in [1.29, 1.82) is 0 Å². The van der Waals surface area contributed by atoms with Gasteiger partial charge in [0, 0.05) is 0 Å². The molecule has 0 spiro atoms. The van der Waals surface area contributed by atoms with Gasteiger partial charge in [0.1, 0.15) is 6.54 Å². The van der Waals surface area contributed by atoms with E-state index in [1.165, 1.54) is 0 Å². The quantitative estimate of drug-likeness (QED) is 0.293. The summed E-state index contributed by atoms with van der Waals surface area (Å²) in [7, 11) is 11.4. The van der Waals surface area contributed by atoms with Gasteiger partial charge in [-0.15, -0.1) is 11.6 Å². The molecular weight excluding hydrogens is 294 g/mol. The first kappa shape index (κ1) is 32.2. The SMILES string of the molecule is CN(C)C.C[N+](C)(C)CC(=O)[O-].O=C([O-])CCl.[Na+].[Na+]. The number of hydrogen-bond donors (Lipinski definition) is 0. The second kappa shape index (κ2) is 19.1. The molecular formula is C10H22ClN2Na2O4+. The van der Waals surface area contributed by atoms with Gasteiger partial charge in [-0.05, 0) is 21.1 Å². The van der Waals surface area contributed by atoms with E-state index in [4.69, 9.17) is 9.90 Å². The molecule has 19 heavy (non-hydrogen) atoms. The van der Waals surface area contributed by atoms with Crippen molar-refractivity contribution in [2.24, 2.45) is 0 Å². The maximum absolute atomic E-state index is 9.89. The second-order valence-electron chi connectivity index (χ2n) is 4.67. The van der Waals surface area contributed by atoms with Gasteiger partial charge in [-0.2, -0.15) is 0 Å². The Kier molecular flexibility index (Phi) is 32.4. The van der Waals surface area contributed by atoms with E-state index in [-0.39, 0.29) is 65.7 Å². The van der Waals surface area contributed by atoms with Gasteiger partial charge in [0.25, 0.3) is 0 Å². The second-order valence-corrected chi connectivity index (χ2v) is 4.93. The Balaban J connectivity index is -0.0000000524. The van der Waals surface area contributed by atoms with Gasteiger partial charge in [-0.1, -0.05) is 0 Å².